The molecule has 2 N–H and O–H groups in total. The van der Waals surface area contributed by atoms with Gasteiger partial charge >= 0.3 is 0 Å². The lowest BCUT2D eigenvalue weighted by Gasteiger charge is -2.19. The van der Waals surface area contributed by atoms with Crippen molar-refractivity contribution < 1.29 is 23.6 Å². The van der Waals surface area contributed by atoms with Crippen molar-refractivity contribution in [1.29, 1.82) is 0 Å². The van der Waals surface area contributed by atoms with Gasteiger partial charge in [-0.2, -0.15) is 0 Å². The Hall–Kier alpha value is -2.60. The largest absolute Gasteiger partial charge is 0.497 e. The van der Waals surface area contributed by atoms with Crippen LogP contribution in [0, 0.1) is 5.82 Å². The number of rotatable bonds is 8. The lowest BCUT2D eigenvalue weighted by atomic mass is 10.2. The van der Waals surface area contributed by atoms with Gasteiger partial charge in [0.25, 0.3) is 5.91 Å². The average molecular weight is 359 g/mol. The molecule has 1 saturated carbocycles. The minimum Gasteiger partial charge on any atom is -0.497 e. The number of methoxy groups -OCH3 is 2. The van der Waals surface area contributed by atoms with Crippen LogP contribution in [-0.2, 0) is 11.3 Å². The van der Waals surface area contributed by atoms with Gasteiger partial charge in [-0.25, -0.2) is 4.39 Å². The molecule has 1 fully saturated rings. The van der Waals surface area contributed by atoms with Gasteiger partial charge in [-0.05, 0) is 18.2 Å². The molecule has 0 aromatic heterocycles. The molecule has 138 valence electrons. The molecule has 6 heteroatoms. The van der Waals surface area contributed by atoms with E-state index in [9.17, 15) is 9.18 Å². The van der Waals surface area contributed by atoms with Gasteiger partial charge in [0.05, 0.1) is 25.9 Å². The Bertz CT molecular complexity index is 777. The smallest absolute Gasteiger partial charge is 0.279 e. The number of ether oxygens (including phenoxy) is 2. The van der Waals surface area contributed by atoms with E-state index in [2.05, 4.69) is 5.32 Å². The summed E-state index contributed by atoms with van der Waals surface area (Å²) in [5.41, 5.74) is 1.21. The third-order valence-corrected chi connectivity index (χ3v) is 4.60. The predicted molar refractivity (Wildman–Crippen MR) is 97.1 cm³/mol. The summed E-state index contributed by atoms with van der Waals surface area (Å²) < 4.78 is 24.5. The zero-order valence-electron chi connectivity index (χ0n) is 15.0. The van der Waals surface area contributed by atoms with Crippen molar-refractivity contribution in [2.75, 3.05) is 26.1 Å². The van der Waals surface area contributed by atoms with Gasteiger partial charge in [-0.15, -0.1) is 0 Å². The minimum absolute atomic E-state index is 0.130. The molecule has 1 unspecified atom stereocenters. The minimum atomic E-state index is -0.222. The van der Waals surface area contributed by atoms with Crippen molar-refractivity contribution >= 4 is 11.6 Å². The molecule has 26 heavy (non-hydrogen) atoms. The van der Waals surface area contributed by atoms with E-state index in [4.69, 9.17) is 9.47 Å². The zero-order valence-corrected chi connectivity index (χ0v) is 15.0. The van der Waals surface area contributed by atoms with E-state index in [1.807, 2.05) is 6.07 Å². The summed E-state index contributed by atoms with van der Waals surface area (Å²) >= 11 is 0. The van der Waals surface area contributed by atoms with Crippen molar-refractivity contribution in [2.24, 2.45) is 0 Å². The van der Waals surface area contributed by atoms with E-state index in [1.54, 1.807) is 44.6 Å². The Labute approximate surface area is 152 Å². The van der Waals surface area contributed by atoms with Gasteiger partial charge < -0.3 is 19.7 Å². The van der Waals surface area contributed by atoms with E-state index in [0.717, 1.165) is 17.7 Å². The maximum Gasteiger partial charge on any atom is 0.279 e. The fraction of sp³-hybridized carbons (Fsp3) is 0.350. The summed E-state index contributed by atoms with van der Waals surface area (Å²) in [5.74, 6) is 0.857. The molecule has 5 nitrogen and oxygen atoms in total. The molecule has 0 bridgehead atoms. The maximum atomic E-state index is 14.0. The quantitative estimate of drug-likeness (QED) is 0.758. The van der Waals surface area contributed by atoms with Gasteiger partial charge in [0, 0.05) is 24.5 Å². The van der Waals surface area contributed by atoms with Crippen molar-refractivity contribution in [2.45, 2.75) is 25.4 Å². The van der Waals surface area contributed by atoms with Crippen LogP contribution in [0.2, 0.25) is 0 Å². The molecular formula is C20H24FN2O3+. The van der Waals surface area contributed by atoms with E-state index >= 15 is 0 Å². The lowest BCUT2D eigenvalue weighted by Crippen LogP contribution is -3.13. The SMILES string of the molecule is COc1ccc(OC)c(NC(=O)C[NH+](Cc2ccccc2F)C2CC2)c1. The third-order valence-electron chi connectivity index (χ3n) is 4.60. The van der Waals surface area contributed by atoms with Gasteiger partial charge in [0.1, 0.15) is 23.9 Å². The van der Waals surface area contributed by atoms with Gasteiger partial charge in [-0.1, -0.05) is 18.2 Å². The highest BCUT2D eigenvalue weighted by molar-refractivity contribution is 5.93. The molecule has 2 aromatic carbocycles. The molecule has 0 spiro atoms. The van der Waals surface area contributed by atoms with Crippen molar-refractivity contribution in [3.63, 3.8) is 0 Å². The molecule has 1 aliphatic rings. The Morgan fingerprint density at radius 2 is 1.96 bits per heavy atom. The van der Waals surface area contributed by atoms with Crippen LogP contribution < -0.4 is 19.7 Å². The molecular weight excluding hydrogens is 335 g/mol. The fourth-order valence-corrected chi connectivity index (χ4v) is 3.04. The Morgan fingerprint density at radius 3 is 2.62 bits per heavy atom. The summed E-state index contributed by atoms with van der Waals surface area (Å²) in [5, 5.41) is 2.89. The number of carbonyl (C=O) groups excluding carboxylic acids is 1. The molecule has 1 aliphatic carbocycles. The monoisotopic (exact) mass is 359 g/mol. The second-order valence-corrected chi connectivity index (χ2v) is 6.49. The first kappa shape index (κ1) is 18.2. The summed E-state index contributed by atoms with van der Waals surface area (Å²) in [4.78, 5) is 13.7. The normalized spacial score (nSPS) is 14.6. The summed E-state index contributed by atoms with van der Waals surface area (Å²) in [7, 11) is 3.12. The average Bonchev–Trinajstić information content (AvgIpc) is 3.48. The van der Waals surface area contributed by atoms with Gasteiger partial charge in [-0.3, -0.25) is 4.79 Å². The topological polar surface area (TPSA) is 52.0 Å². The first-order chi connectivity index (χ1) is 12.6. The van der Waals surface area contributed by atoms with Crippen LogP contribution in [0.15, 0.2) is 42.5 Å². The third kappa shape index (κ3) is 4.52. The highest BCUT2D eigenvalue weighted by Crippen LogP contribution is 2.28. The van der Waals surface area contributed by atoms with Crippen molar-refractivity contribution in [3.05, 3.63) is 53.8 Å². The molecule has 1 atom stereocenters. The second kappa shape index (κ2) is 8.19. The summed E-state index contributed by atoms with van der Waals surface area (Å²) in [6, 6.07) is 12.4. The number of quaternary nitrogens is 1. The Kier molecular flexibility index (Phi) is 5.73. The van der Waals surface area contributed by atoms with Crippen LogP contribution in [0.5, 0.6) is 11.5 Å². The number of carbonyl (C=O) groups is 1. The van der Waals surface area contributed by atoms with Crippen LogP contribution in [0.4, 0.5) is 10.1 Å². The first-order valence-corrected chi connectivity index (χ1v) is 8.70. The van der Waals surface area contributed by atoms with Crippen LogP contribution in [0.1, 0.15) is 18.4 Å². The predicted octanol–water partition coefficient (Wildman–Crippen LogP) is 2.03. The van der Waals surface area contributed by atoms with Gasteiger partial charge in [0.15, 0.2) is 6.54 Å². The number of amides is 1. The Balaban J connectivity index is 1.68. The van der Waals surface area contributed by atoms with Crippen molar-refractivity contribution in [1.82, 2.24) is 0 Å². The zero-order chi connectivity index (χ0) is 18.5. The molecule has 0 radical (unpaired) electrons. The van der Waals surface area contributed by atoms with E-state index in [0.29, 0.717) is 35.3 Å². The van der Waals surface area contributed by atoms with Crippen LogP contribution >= 0.6 is 0 Å². The highest BCUT2D eigenvalue weighted by atomic mass is 19.1. The van der Waals surface area contributed by atoms with E-state index in [-0.39, 0.29) is 18.3 Å². The molecule has 3 rings (SSSR count). The first-order valence-electron chi connectivity index (χ1n) is 8.70. The molecule has 0 saturated heterocycles. The highest BCUT2D eigenvalue weighted by Gasteiger charge is 2.35. The van der Waals surface area contributed by atoms with Crippen LogP contribution in [0.25, 0.3) is 0 Å². The van der Waals surface area contributed by atoms with E-state index < -0.39 is 0 Å². The Morgan fingerprint density at radius 1 is 1.19 bits per heavy atom. The molecule has 2 aromatic rings. The summed E-state index contributed by atoms with van der Waals surface area (Å²) in [6.07, 6.45) is 2.14. The number of hydrogen-bond acceptors (Lipinski definition) is 3. The number of nitrogens with one attached hydrogen (secondary N) is 2. The summed E-state index contributed by atoms with van der Waals surface area (Å²) in [6.45, 7) is 0.777. The molecule has 1 amide bonds. The fourth-order valence-electron chi connectivity index (χ4n) is 3.04. The lowest BCUT2D eigenvalue weighted by molar-refractivity contribution is -0.917. The van der Waals surface area contributed by atoms with Crippen LogP contribution in [-0.4, -0.2) is 32.7 Å². The van der Waals surface area contributed by atoms with Crippen LogP contribution in [0.3, 0.4) is 0 Å². The number of halogens is 1. The molecule has 0 heterocycles. The maximum absolute atomic E-state index is 14.0. The second-order valence-electron chi connectivity index (χ2n) is 6.49. The van der Waals surface area contributed by atoms with E-state index in [1.165, 1.54) is 6.07 Å². The van der Waals surface area contributed by atoms with Crippen molar-refractivity contribution in [3.8, 4) is 11.5 Å². The number of hydrogen-bond donors (Lipinski definition) is 2. The number of anilines is 1. The number of benzene rings is 2. The van der Waals surface area contributed by atoms with Gasteiger partial charge in [0.2, 0.25) is 0 Å². The standard InChI is InChI=1S/C20H23FN2O3/c1-25-16-9-10-19(26-2)18(11-16)22-20(24)13-23(15-7-8-15)12-14-5-3-4-6-17(14)21/h3-6,9-11,15H,7-8,12-13H2,1-2H3,(H,22,24)/p+1. The molecule has 0 aliphatic heterocycles.